The van der Waals surface area contributed by atoms with Gasteiger partial charge in [0.2, 0.25) is 5.91 Å². The van der Waals surface area contributed by atoms with Crippen molar-refractivity contribution in [3.8, 4) is 5.75 Å². The molecule has 0 aliphatic heterocycles. The minimum atomic E-state index is -0.459. The van der Waals surface area contributed by atoms with Crippen LogP contribution in [0.15, 0.2) is 41.2 Å². The monoisotopic (exact) mass is 369 g/mol. The number of carbonyl (C=O) groups excluding carboxylic acids is 1. The second kappa shape index (κ2) is 7.99. The lowest BCUT2D eigenvalue weighted by atomic mass is 10.1. The van der Waals surface area contributed by atoms with Crippen LogP contribution in [0.1, 0.15) is 17.0 Å². The first-order valence-electron chi connectivity index (χ1n) is 8.55. The molecule has 0 unspecified atom stereocenters. The number of benzene rings is 2. The average molecular weight is 369 g/mol. The fourth-order valence-corrected chi connectivity index (χ4v) is 2.75. The van der Waals surface area contributed by atoms with Crippen molar-refractivity contribution in [3.05, 3.63) is 69.5 Å². The number of H-pyrrole nitrogens is 1. The number of amides is 1. The number of ether oxygens (including phenoxy) is 1. The highest BCUT2D eigenvalue weighted by molar-refractivity contribution is 5.80. The number of aromatic nitrogens is 2. The second-order valence-corrected chi connectivity index (χ2v) is 6.26. The highest BCUT2D eigenvalue weighted by atomic mass is 19.1. The molecule has 1 aromatic heterocycles. The summed E-state index contributed by atoms with van der Waals surface area (Å²) in [6.45, 7) is 2.07. The van der Waals surface area contributed by atoms with Gasteiger partial charge < -0.3 is 15.0 Å². The van der Waals surface area contributed by atoms with E-state index in [1.165, 1.54) is 6.07 Å². The number of hydrogen-bond donors (Lipinski definition) is 2. The van der Waals surface area contributed by atoms with Gasteiger partial charge in [-0.25, -0.2) is 9.37 Å². The van der Waals surface area contributed by atoms with Crippen molar-refractivity contribution in [3.63, 3.8) is 0 Å². The van der Waals surface area contributed by atoms with E-state index in [4.69, 9.17) is 4.74 Å². The van der Waals surface area contributed by atoms with Gasteiger partial charge in [-0.15, -0.1) is 0 Å². The van der Waals surface area contributed by atoms with Crippen molar-refractivity contribution >= 4 is 16.8 Å². The van der Waals surface area contributed by atoms with E-state index < -0.39 is 11.4 Å². The van der Waals surface area contributed by atoms with Crippen LogP contribution in [0.5, 0.6) is 5.75 Å². The van der Waals surface area contributed by atoms with E-state index in [-0.39, 0.29) is 23.5 Å². The molecule has 0 fully saturated rings. The lowest BCUT2D eigenvalue weighted by Gasteiger charge is -2.07. The Morgan fingerprint density at radius 1 is 1.26 bits per heavy atom. The van der Waals surface area contributed by atoms with Gasteiger partial charge in [0, 0.05) is 6.54 Å². The van der Waals surface area contributed by atoms with Crippen LogP contribution in [0.2, 0.25) is 0 Å². The van der Waals surface area contributed by atoms with Crippen molar-refractivity contribution in [1.29, 1.82) is 0 Å². The molecule has 0 saturated heterocycles. The number of fused-ring (bicyclic) bond motifs is 1. The minimum absolute atomic E-state index is 0.0514. The Morgan fingerprint density at radius 2 is 2.00 bits per heavy atom. The standard InChI is InChI=1S/C20H20FN3O3/c1-12-9-17-15(10-16(12)21)20(26)24-18(23-17)11-19(25)22-8-7-13-3-5-14(27-2)6-4-13/h3-6,9-10H,7-8,11H2,1-2H3,(H,22,25)(H,23,24,26). The molecule has 7 heteroatoms. The van der Waals surface area contributed by atoms with Gasteiger partial charge in [-0.3, -0.25) is 9.59 Å². The van der Waals surface area contributed by atoms with Crippen LogP contribution in [0.25, 0.3) is 10.9 Å². The van der Waals surface area contributed by atoms with Crippen molar-refractivity contribution in [2.45, 2.75) is 19.8 Å². The Balaban J connectivity index is 1.61. The van der Waals surface area contributed by atoms with Gasteiger partial charge in [-0.1, -0.05) is 12.1 Å². The summed E-state index contributed by atoms with van der Waals surface area (Å²) >= 11 is 0. The van der Waals surface area contributed by atoms with E-state index in [1.807, 2.05) is 24.3 Å². The fourth-order valence-electron chi connectivity index (χ4n) is 2.75. The summed E-state index contributed by atoms with van der Waals surface area (Å²) in [7, 11) is 1.61. The van der Waals surface area contributed by atoms with Crippen LogP contribution in [-0.2, 0) is 17.6 Å². The zero-order valence-electron chi connectivity index (χ0n) is 15.1. The number of carbonyl (C=O) groups is 1. The van der Waals surface area contributed by atoms with Gasteiger partial charge >= 0.3 is 0 Å². The number of nitrogens with zero attached hydrogens (tertiary/aromatic N) is 1. The van der Waals surface area contributed by atoms with Crippen LogP contribution in [0.4, 0.5) is 4.39 Å². The molecular weight excluding hydrogens is 349 g/mol. The van der Waals surface area contributed by atoms with Gasteiger partial charge in [0.25, 0.3) is 5.56 Å². The summed E-state index contributed by atoms with van der Waals surface area (Å²) in [6, 6.07) is 10.3. The van der Waals surface area contributed by atoms with Crippen LogP contribution >= 0.6 is 0 Å². The average Bonchev–Trinajstić information content (AvgIpc) is 2.64. The second-order valence-electron chi connectivity index (χ2n) is 6.26. The van der Waals surface area contributed by atoms with Crippen molar-refractivity contribution in [2.24, 2.45) is 0 Å². The van der Waals surface area contributed by atoms with E-state index >= 15 is 0 Å². The lowest BCUT2D eigenvalue weighted by molar-refractivity contribution is -0.120. The number of hydrogen-bond acceptors (Lipinski definition) is 4. The summed E-state index contributed by atoms with van der Waals surface area (Å²) < 4.78 is 18.7. The molecule has 0 saturated carbocycles. The highest BCUT2D eigenvalue weighted by Gasteiger charge is 2.10. The van der Waals surface area contributed by atoms with Crippen molar-refractivity contribution in [2.75, 3.05) is 13.7 Å². The SMILES string of the molecule is COc1ccc(CCNC(=O)Cc2nc3cc(C)c(F)cc3c(=O)[nH]2)cc1. The molecular formula is C20H20FN3O3. The fraction of sp³-hybridized carbons (Fsp3) is 0.250. The number of halogens is 1. The highest BCUT2D eigenvalue weighted by Crippen LogP contribution is 2.14. The maximum absolute atomic E-state index is 13.6. The minimum Gasteiger partial charge on any atom is -0.497 e. The Hall–Kier alpha value is -3.22. The molecule has 3 aromatic rings. The van der Waals surface area contributed by atoms with Crippen molar-refractivity contribution < 1.29 is 13.9 Å². The van der Waals surface area contributed by atoms with E-state index in [0.29, 0.717) is 24.0 Å². The van der Waals surface area contributed by atoms with Gasteiger partial charge in [-0.05, 0) is 48.7 Å². The summed E-state index contributed by atoms with van der Waals surface area (Å²) in [4.78, 5) is 31.0. The first kappa shape index (κ1) is 18.6. The third-order valence-corrected chi connectivity index (χ3v) is 4.26. The van der Waals surface area contributed by atoms with E-state index in [0.717, 1.165) is 17.4 Å². The van der Waals surface area contributed by atoms with Crippen LogP contribution < -0.4 is 15.6 Å². The lowest BCUT2D eigenvalue weighted by Crippen LogP contribution is -2.28. The number of rotatable bonds is 6. The summed E-state index contributed by atoms with van der Waals surface area (Å²) in [5.41, 5.74) is 1.39. The quantitative estimate of drug-likeness (QED) is 0.698. The van der Waals surface area contributed by atoms with Crippen LogP contribution in [0.3, 0.4) is 0 Å². The zero-order valence-corrected chi connectivity index (χ0v) is 15.1. The molecule has 1 heterocycles. The third-order valence-electron chi connectivity index (χ3n) is 4.26. The molecule has 2 aromatic carbocycles. The first-order valence-corrected chi connectivity index (χ1v) is 8.55. The smallest absolute Gasteiger partial charge is 0.258 e. The normalized spacial score (nSPS) is 10.8. The molecule has 6 nitrogen and oxygen atoms in total. The predicted molar refractivity (Wildman–Crippen MR) is 100 cm³/mol. The molecule has 0 spiro atoms. The number of methoxy groups -OCH3 is 1. The molecule has 2 N–H and O–H groups in total. The molecule has 0 aliphatic rings. The number of aromatic amines is 1. The van der Waals surface area contributed by atoms with Crippen LogP contribution in [-0.4, -0.2) is 29.5 Å². The largest absolute Gasteiger partial charge is 0.497 e. The molecule has 0 bridgehead atoms. The van der Waals surface area contributed by atoms with Crippen LogP contribution in [0, 0.1) is 12.7 Å². The summed E-state index contributed by atoms with van der Waals surface area (Å²) in [6.07, 6.45) is 0.625. The van der Waals surface area contributed by atoms with E-state index in [9.17, 15) is 14.0 Å². The zero-order chi connectivity index (χ0) is 19.4. The Kier molecular flexibility index (Phi) is 5.49. The summed E-state index contributed by atoms with van der Waals surface area (Å²) in [5.74, 6) is 0.327. The van der Waals surface area contributed by atoms with Gasteiger partial charge in [0.05, 0.1) is 24.4 Å². The van der Waals surface area contributed by atoms with Gasteiger partial charge in [0.1, 0.15) is 17.4 Å². The predicted octanol–water partition coefficient (Wildman–Crippen LogP) is 2.28. The molecule has 140 valence electrons. The molecule has 27 heavy (non-hydrogen) atoms. The maximum Gasteiger partial charge on any atom is 0.258 e. The maximum atomic E-state index is 13.6. The topological polar surface area (TPSA) is 84.1 Å². The Bertz CT molecular complexity index is 1030. The number of aryl methyl sites for hydroxylation is 1. The third kappa shape index (κ3) is 4.49. The summed E-state index contributed by atoms with van der Waals surface area (Å²) in [5, 5.41) is 2.97. The molecule has 1 amide bonds. The molecule has 3 rings (SSSR count). The van der Waals surface area contributed by atoms with Gasteiger partial charge in [0.15, 0.2) is 0 Å². The number of nitrogens with one attached hydrogen (secondary N) is 2. The molecule has 0 aliphatic carbocycles. The van der Waals surface area contributed by atoms with Gasteiger partial charge in [-0.2, -0.15) is 0 Å². The van der Waals surface area contributed by atoms with E-state index in [2.05, 4.69) is 15.3 Å². The Morgan fingerprint density at radius 3 is 2.70 bits per heavy atom. The first-order chi connectivity index (χ1) is 13.0. The van der Waals surface area contributed by atoms with E-state index in [1.54, 1.807) is 14.0 Å². The van der Waals surface area contributed by atoms with Crippen molar-refractivity contribution in [1.82, 2.24) is 15.3 Å². The molecule has 0 radical (unpaired) electrons. The Labute approximate surface area is 155 Å². The molecule has 0 atom stereocenters.